The molecule has 3 rings (SSSR count). The highest BCUT2D eigenvalue weighted by Gasteiger charge is 2.13. The van der Waals surface area contributed by atoms with Gasteiger partial charge >= 0.3 is 0 Å². The normalized spacial score (nSPS) is 11.0. The van der Waals surface area contributed by atoms with Gasteiger partial charge in [0, 0.05) is 29.1 Å². The van der Waals surface area contributed by atoms with E-state index in [9.17, 15) is 0 Å². The first kappa shape index (κ1) is 14.2. The zero-order chi connectivity index (χ0) is 14.8. The molecule has 0 aliphatic carbocycles. The summed E-state index contributed by atoms with van der Waals surface area (Å²) in [5.41, 5.74) is 2.87. The topological polar surface area (TPSA) is 27.1 Å². The van der Waals surface area contributed by atoms with Gasteiger partial charge in [-0.25, -0.2) is 4.98 Å². The summed E-state index contributed by atoms with van der Waals surface area (Å²) in [6.07, 6.45) is 0.686. The number of hydrogen-bond donors (Lipinski definition) is 0. The van der Waals surface area contributed by atoms with Crippen molar-refractivity contribution in [3.8, 4) is 11.4 Å². The molecule has 0 aliphatic heterocycles. The van der Waals surface area contributed by atoms with E-state index in [1.54, 1.807) is 7.11 Å². The summed E-state index contributed by atoms with van der Waals surface area (Å²) in [6, 6.07) is 13.5. The maximum Gasteiger partial charge on any atom is 0.121 e. The molecule has 1 aromatic heterocycles. The van der Waals surface area contributed by atoms with E-state index in [-0.39, 0.29) is 0 Å². The second-order valence-corrected chi connectivity index (χ2v) is 5.45. The number of fused-ring (bicyclic) bond motifs is 1. The van der Waals surface area contributed by atoms with Gasteiger partial charge in [-0.2, -0.15) is 0 Å². The van der Waals surface area contributed by atoms with Crippen LogP contribution in [0.25, 0.3) is 16.7 Å². The SMILES string of the molecule is COc1ccc2nc(CCCl)n(-c3cccc(Cl)c3)c2c1. The Morgan fingerprint density at radius 1 is 1.19 bits per heavy atom. The van der Waals surface area contributed by atoms with Gasteiger partial charge in [-0.05, 0) is 30.3 Å². The van der Waals surface area contributed by atoms with Gasteiger partial charge in [-0.15, -0.1) is 11.6 Å². The van der Waals surface area contributed by atoms with E-state index in [0.717, 1.165) is 28.3 Å². The molecule has 0 amide bonds. The largest absolute Gasteiger partial charge is 0.497 e. The van der Waals surface area contributed by atoms with Crippen LogP contribution in [0.5, 0.6) is 5.75 Å². The second kappa shape index (κ2) is 5.96. The molecule has 0 radical (unpaired) electrons. The summed E-state index contributed by atoms with van der Waals surface area (Å²) in [5, 5.41) is 0.689. The molecule has 0 bridgehead atoms. The van der Waals surface area contributed by atoms with Crippen LogP contribution >= 0.6 is 23.2 Å². The number of imidazole rings is 1. The second-order valence-electron chi connectivity index (χ2n) is 4.64. The monoisotopic (exact) mass is 320 g/mol. The van der Waals surface area contributed by atoms with Crippen LogP contribution < -0.4 is 4.74 Å². The number of benzene rings is 2. The number of aromatic nitrogens is 2. The van der Waals surface area contributed by atoms with Crippen molar-refractivity contribution in [2.75, 3.05) is 13.0 Å². The number of rotatable bonds is 4. The molecule has 108 valence electrons. The lowest BCUT2D eigenvalue weighted by Crippen LogP contribution is -2.02. The van der Waals surface area contributed by atoms with Gasteiger partial charge in [0.15, 0.2) is 0 Å². The number of alkyl halides is 1. The Labute approximate surface area is 133 Å². The minimum atomic E-state index is 0.515. The molecule has 0 fully saturated rings. The zero-order valence-corrected chi connectivity index (χ0v) is 13.0. The predicted octanol–water partition coefficient (Wildman–Crippen LogP) is 4.47. The van der Waals surface area contributed by atoms with E-state index >= 15 is 0 Å². The number of ether oxygens (including phenoxy) is 1. The third-order valence-electron chi connectivity index (χ3n) is 3.32. The van der Waals surface area contributed by atoms with Gasteiger partial charge in [-0.1, -0.05) is 17.7 Å². The predicted molar refractivity (Wildman–Crippen MR) is 87.1 cm³/mol. The van der Waals surface area contributed by atoms with Crippen molar-refractivity contribution >= 4 is 34.2 Å². The van der Waals surface area contributed by atoms with E-state index in [1.807, 2.05) is 42.5 Å². The summed E-state index contributed by atoms with van der Waals surface area (Å²) in [5.74, 6) is 2.22. The molecule has 0 N–H and O–H groups in total. The average molecular weight is 321 g/mol. The molecule has 0 spiro atoms. The summed E-state index contributed by atoms with van der Waals surface area (Å²) in [6.45, 7) is 0. The lowest BCUT2D eigenvalue weighted by Gasteiger charge is -2.09. The van der Waals surface area contributed by atoms with E-state index in [1.165, 1.54) is 0 Å². The van der Waals surface area contributed by atoms with Crippen molar-refractivity contribution < 1.29 is 4.74 Å². The fourth-order valence-electron chi connectivity index (χ4n) is 2.39. The van der Waals surface area contributed by atoms with Crippen LogP contribution in [0.2, 0.25) is 5.02 Å². The van der Waals surface area contributed by atoms with E-state index < -0.39 is 0 Å². The first-order valence-corrected chi connectivity index (χ1v) is 7.51. The minimum absolute atomic E-state index is 0.515. The summed E-state index contributed by atoms with van der Waals surface area (Å²) in [7, 11) is 1.65. The fraction of sp³-hybridized carbons (Fsp3) is 0.188. The summed E-state index contributed by atoms with van der Waals surface area (Å²) in [4.78, 5) is 4.66. The molecule has 0 saturated carbocycles. The number of methoxy groups -OCH3 is 1. The Bertz CT molecular complexity index is 783. The van der Waals surface area contributed by atoms with E-state index in [0.29, 0.717) is 17.3 Å². The van der Waals surface area contributed by atoms with Crippen LogP contribution in [-0.2, 0) is 6.42 Å². The molecule has 5 heteroatoms. The molecular weight excluding hydrogens is 307 g/mol. The number of aryl methyl sites for hydroxylation is 1. The van der Waals surface area contributed by atoms with Crippen LogP contribution in [0.3, 0.4) is 0 Å². The van der Waals surface area contributed by atoms with Gasteiger partial charge in [0.1, 0.15) is 11.6 Å². The van der Waals surface area contributed by atoms with E-state index in [4.69, 9.17) is 27.9 Å². The van der Waals surface area contributed by atoms with Gasteiger partial charge in [-0.3, -0.25) is 4.57 Å². The van der Waals surface area contributed by atoms with Gasteiger partial charge in [0.2, 0.25) is 0 Å². The van der Waals surface area contributed by atoms with Crippen LogP contribution in [0.15, 0.2) is 42.5 Å². The smallest absolute Gasteiger partial charge is 0.121 e. The molecule has 3 nitrogen and oxygen atoms in total. The van der Waals surface area contributed by atoms with Crippen molar-refractivity contribution in [2.24, 2.45) is 0 Å². The summed E-state index contributed by atoms with van der Waals surface area (Å²) < 4.78 is 7.39. The van der Waals surface area contributed by atoms with Crippen LogP contribution in [0, 0.1) is 0 Å². The Kier molecular flexibility index (Phi) is 4.04. The van der Waals surface area contributed by atoms with Crippen LogP contribution in [0.1, 0.15) is 5.82 Å². The quantitative estimate of drug-likeness (QED) is 0.663. The summed E-state index contributed by atoms with van der Waals surface area (Å²) >= 11 is 12.0. The molecular formula is C16H14Cl2N2O. The third-order valence-corrected chi connectivity index (χ3v) is 3.74. The highest BCUT2D eigenvalue weighted by Crippen LogP contribution is 2.27. The number of halogens is 2. The van der Waals surface area contributed by atoms with Crippen molar-refractivity contribution in [1.29, 1.82) is 0 Å². The average Bonchev–Trinajstić information content (AvgIpc) is 2.84. The molecule has 0 atom stereocenters. The van der Waals surface area contributed by atoms with Crippen LogP contribution in [-0.4, -0.2) is 22.5 Å². The molecule has 3 aromatic rings. The highest BCUT2D eigenvalue weighted by atomic mass is 35.5. The standard InChI is InChI=1S/C16H14Cl2N2O/c1-21-13-5-6-14-15(10-13)20(16(19-14)7-8-17)12-4-2-3-11(18)9-12/h2-6,9-10H,7-8H2,1H3. The zero-order valence-electron chi connectivity index (χ0n) is 11.5. The first-order chi connectivity index (χ1) is 10.2. The molecule has 0 aliphatic rings. The lowest BCUT2D eigenvalue weighted by atomic mass is 10.2. The Balaban J connectivity index is 2.28. The maximum atomic E-state index is 6.12. The van der Waals surface area contributed by atoms with Crippen molar-refractivity contribution in [1.82, 2.24) is 9.55 Å². The first-order valence-electron chi connectivity index (χ1n) is 6.60. The van der Waals surface area contributed by atoms with Gasteiger partial charge < -0.3 is 4.74 Å². The molecule has 2 aromatic carbocycles. The molecule has 0 unspecified atom stereocenters. The van der Waals surface area contributed by atoms with Crippen molar-refractivity contribution in [3.05, 3.63) is 53.3 Å². The fourth-order valence-corrected chi connectivity index (χ4v) is 2.74. The highest BCUT2D eigenvalue weighted by molar-refractivity contribution is 6.30. The minimum Gasteiger partial charge on any atom is -0.497 e. The van der Waals surface area contributed by atoms with Crippen molar-refractivity contribution in [2.45, 2.75) is 6.42 Å². The maximum absolute atomic E-state index is 6.12. The Morgan fingerprint density at radius 3 is 2.76 bits per heavy atom. The van der Waals surface area contributed by atoms with Gasteiger partial charge in [0.25, 0.3) is 0 Å². The molecule has 1 heterocycles. The van der Waals surface area contributed by atoms with Crippen LogP contribution in [0.4, 0.5) is 0 Å². The number of hydrogen-bond acceptors (Lipinski definition) is 2. The lowest BCUT2D eigenvalue weighted by molar-refractivity contribution is 0.415. The number of nitrogens with zero attached hydrogens (tertiary/aromatic N) is 2. The van der Waals surface area contributed by atoms with Crippen molar-refractivity contribution in [3.63, 3.8) is 0 Å². The van der Waals surface area contributed by atoms with Gasteiger partial charge in [0.05, 0.1) is 18.1 Å². The Morgan fingerprint density at radius 2 is 2.05 bits per heavy atom. The van der Waals surface area contributed by atoms with E-state index in [2.05, 4.69) is 9.55 Å². The Hall–Kier alpha value is -1.71. The molecule has 0 saturated heterocycles. The third kappa shape index (κ3) is 2.71. The molecule has 21 heavy (non-hydrogen) atoms.